The largest absolute Gasteiger partial charge is 0.494 e. The first kappa shape index (κ1) is 17.9. The summed E-state index contributed by atoms with van der Waals surface area (Å²) in [4.78, 5) is 16.1. The second-order valence-corrected chi connectivity index (χ2v) is 6.11. The molecule has 2 aromatic carbocycles. The molecule has 0 aliphatic carbocycles. The molecule has 0 atom stereocenters. The molecule has 0 unspecified atom stereocenters. The number of benzene rings is 2. The number of fused-ring (bicyclic) bond motifs is 1. The Balaban J connectivity index is 1.91. The Bertz CT molecular complexity index is 944. The molecule has 3 aromatic rings. The van der Waals surface area contributed by atoms with E-state index >= 15 is 0 Å². The second kappa shape index (κ2) is 7.52. The third-order valence-electron chi connectivity index (χ3n) is 4.38. The lowest BCUT2D eigenvalue weighted by molar-refractivity contribution is 0.102. The topological polar surface area (TPSA) is 63.4 Å². The number of rotatable bonds is 6. The van der Waals surface area contributed by atoms with Crippen LogP contribution in [0.2, 0.25) is 0 Å². The molecule has 136 valence electrons. The number of carbonyl (C=O) groups is 1. The molecule has 0 saturated heterocycles. The molecule has 1 heterocycles. The highest BCUT2D eigenvalue weighted by molar-refractivity contribution is 6.07. The van der Waals surface area contributed by atoms with Crippen molar-refractivity contribution in [1.29, 1.82) is 0 Å². The van der Waals surface area contributed by atoms with E-state index < -0.39 is 0 Å². The lowest BCUT2D eigenvalue weighted by atomic mass is 10.1. The van der Waals surface area contributed by atoms with Crippen LogP contribution in [-0.2, 0) is 0 Å². The van der Waals surface area contributed by atoms with E-state index in [1.54, 1.807) is 6.07 Å². The van der Waals surface area contributed by atoms with Crippen molar-refractivity contribution >= 4 is 22.5 Å². The van der Waals surface area contributed by atoms with E-state index in [0.29, 0.717) is 36.0 Å². The van der Waals surface area contributed by atoms with Crippen molar-refractivity contribution in [3.05, 3.63) is 53.2 Å². The van der Waals surface area contributed by atoms with Gasteiger partial charge in [0.05, 0.1) is 18.9 Å². The third-order valence-corrected chi connectivity index (χ3v) is 4.38. The Morgan fingerprint density at radius 2 is 1.81 bits per heavy atom. The zero-order valence-corrected chi connectivity index (χ0v) is 15.6. The summed E-state index contributed by atoms with van der Waals surface area (Å²) in [7, 11) is 0. The van der Waals surface area contributed by atoms with Gasteiger partial charge in [-0.15, -0.1) is 0 Å². The Hall–Kier alpha value is -2.95. The maximum Gasteiger partial charge on any atom is 0.255 e. The van der Waals surface area contributed by atoms with Crippen molar-refractivity contribution in [1.82, 2.24) is 4.98 Å². The predicted molar refractivity (Wildman–Crippen MR) is 105 cm³/mol. The fourth-order valence-corrected chi connectivity index (χ4v) is 2.94. The fraction of sp³-hybridized carbons (Fsp3) is 0.286. The molecule has 0 aliphatic heterocycles. The molecular weight excluding hydrogens is 328 g/mol. The summed E-state index contributed by atoms with van der Waals surface area (Å²) < 4.78 is 11.2. The molecule has 0 fully saturated rings. The van der Waals surface area contributed by atoms with E-state index in [4.69, 9.17) is 9.47 Å². The lowest BCUT2D eigenvalue weighted by Gasteiger charge is -2.13. The quantitative estimate of drug-likeness (QED) is 0.667. The van der Waals surface area contributed by atoms with Crippen molar-refractivity contribution in [3.63, 3.8) is 0 Å². The van der Waals surface area contributed by atoms with Gasteiger partial charge in [0.2, 0.25) is 0 Å². The average Bonchev–Trinajstić information content (AvgIpc) is 2.91. The fourth-order valence-electron chi connectivity index (χ4n) is 2.94. The molecule has 0 saturated carbocycles. The molecule has 0 aliphatic rings. The molecule has 5 heteroatoms. The molecule has 26 heavy (non-hydrogen) atoms. The van der Waals surface area contributed by atoms with Crippen molar-refractivity contribution < 1.29 is 14.3 Å². The van der Waals surface area contributed by atoms with Crippen LogP contribution in [0.4, 0.5) is 5.69 Å². The van der Waals surface area contributed by atoms with Crippen LogP contribution >= 0.6 is 0 Å². The second-order valence-electron chi connectivity index (χ2n) is 6.11. The number of carbonyl (C=O) groups excluding carboxylic acids is 1. The summed E-state index contributed by atoms with van der Waals surface area (Å²) in [6, 6.07) is 11.1. The number of hydrogen-bond acceptors (Lipinski definition) is 3. The Kier molecular flexibility index (Phi) is 5.16. The molecule has 0 spiro atoms. The zero-order chi connectivity index (χ0) is 18.7. The minimum Gasteiger partial charge on any atom is -0.494 e. The van der Waals surface area contributed by atoms with Crippen molar-refractivity contribution in [3.8, 4) is 11.5 Å². The summed E-state index contributed by atoms with van der Waals surface area (Å²) in [5, 5.41) is 4.01. The van der Waals surface area contributed by atoms with Gasteiger partial charge < -0.3 is 19.8 Å². The Labute approximate surface area is 153 Å². The van der Waals surface area contributed by atoms with Crippen LogP contribution in [0.1, 0.15) is 35.5 Å². The van der Waals surface area contributed by atoms with Gasteiger partial charge >= 0.3 is 0 Å². The predicted octanol–water partition coefficient (Wildman–Crippen LogP) is 4.83. The number of anilines is 1. The highest BCUT2D eigenvalue weighted by atomic mass is 16.5. The lowest BCUT2D eigenvalue weighted by Crippen LogP contribution is -2.13. The Morgan fingerprint density at radius 3 is 2.54 bits per heavy atom. The number of aryl methyl sites for hydroxylation is 2. The highest BCUT2D eigenvalue weighted by Gasteiger charge is 2.13. The number of aromatic amines is 1. The maximum atomic E-state index is 12.8. The van der Waals surface area contributed by atoms with Crippen molar-refractivity contribution in [2.24, 2.45) is 0 Å². The molecule has 1 amide bonds. The van der Waals surface area contributed by atoms with E-state index in [0.717, 1.165) is 22.2 Å². The number of amides is 1. The number of ether oxygens (including phenoxy) is 2. The smallest absolute Gasteiger partial charge is 0.255 e. The SMILES string of the molecule is CCOc1ccc(OCC)c(NC(=O)c2ccc3[nH]c(C)c(C)c3c2)c1. The average molecular weight is 352 g/mol. The van der Waals surface area contributed by atoms with E-state index in [9.17, 15) is 4.79 Å². The van der Waals surface area contributed by atoms with Gasteiger partial charge in [-0.1, -0.05) is 0 Å². The van der Waals surface area contributed by atoms with E-state index in [2.05, 4.69) is 17.2 Å². The Morgan fingerprint density at radius 1 is 1.04 bits per heavy atom. The molecule has 5 nitrogen and oxygen atoms in total. The van der Waals surface area contributed by atoms with Gasteiger partial charge in [0.1, 0.15) is 11.5 Å². The number of hydrogen-bond donors (Lipinski definition) is 2. The van der Waals surface area contributed by atoms with Crippen LogP contribution in [0.3, 0.4) is 0 Å². The maximum absolute atomic E-state index is 12.8. The first-order valence-corrected chi connectivity index (χ1v) is 8.83. The number of H-pyrrole nitrogens is 1. The van der Waals surface area contributed by atoms with Gasteiger partial charge in [-0.3, -0.25) is 4.79 Å². The first-order chi connectivity index (χ1) is 12.5. The van der Waals surface area contributed by atoms with Gasteiger partial charge in [0.15, 0.2) is 0 Å². The number of aromatic nitrogens is 1. The molecule has 3 rings (SSSR count). The van der Waals surface area contributed by atoms with Gasteiger partial charge in [-0.2, -0.15) is 0 Å². The van der Waals surface area contributed by atoms with Crippen LogP contribution in [0, 0.1) is 13.8 Å². The van der Waals surface area contributed by atoms with E-state index in [1.165, 1.54) is 0 Å². The minimum atomic E-state index is -0.181. The van der Waals surface area contributed by atoms with E-state index in [1.807, 2.05) is 51.1 Å². The monoisotopic (exact) mass is 352 g/mol. The summed E-state index contributed by atoms with van der Waals surface area (Å²) in [6.45, 7) is 8.99. The summed E-state index contributed by atoms with van der Waals surface area (Å²) >= 11 is 0. The molecule has 0 bridgehead atoms. The van der Waals surface area contributed by atoms with Crippen molar-refractivity contribution in [2.75, 3.05) is 18.5 Å². The minimum absolute atomic E-state index is 0.181. The molecule has 2 N–H and O–H groups in total. The normalized spacial score (nSPS) is 10.8. The highest BCUT2D eigenvalue weighted by Crippen LogP contribution is 2.30. The summed E-state index contributed by atoms with van der Waals surface area (Å²) in [5.41, 5.74) is 4.50. The number of nitrogens with one attached hydrogen (secondary N) is 2. The molecular formula is C21H24N2O3. The molecule has 1 aromatic heterocycles. The first-order valence-electron chi connectivity index (χ1n) is 8.83. The van der Waals surface area contributed by atoms with Crippen LogP contribution in [0.15, 0.2) is 36.4 Å². The van der Waals surface area contributed by atoms with Gasteiger partial charge in [0.25, 0.3) is 5.91 Å². The van der Waals surface area contributed by atoms with Crippen LogP contribution in [0.25, 0.3) is 10.9 Å². The van der Waals surface area contributed by atoms with Gasteiger partial charge in [0, 0.05) is 28.2 Å². The van der Waals surface area contributed by atoms with Gasteiger partial charge in [-0.25, -0.2) is 0 Å². The van der Waals surface area contributed by atoms with Crippen molar-refractivity contribution in [2.45, 2.75) is 27.7 Å². The van der Waals surface area contributed by atoms with Gasteiger partial charge in [-0.05, 0) is 63.6 Å². The van der Waals surface area contributed by atoms with Crippen LogP contribution in [0.5, 0.6) is 11.5 Å². The van der Waals surface area contributed by atoms with Crippen LogP contribution < -0.4 is 14.8 Å². The molecule has 0 radical (unpaired) electrons. The zero-order valence-electron chi connectivity index (χ0n) is 15.6. The summed E-state index contributed by atoms with van der Waals surface area (Å²) in [5.74, 6) is 1.14. The van der Waals surface area contributed by atoms with E-state index in [-0.39, 0.29) is 5.91 Å². The van der Waals surface area contributed by atoms with Crippen LogP contribution in [-0.4, -0.2) is 24.1 Å². The third kappa shape index (κ3) is 3.52. The summed E-state index contributed by atoms with van der Waals surface area (Å²) in [6.07, 6.45) is 0. The standard InChI is InChI=1S/C21H24N2O3/c1-5-25-16-8-10-20(26-6-2)19(12-16)23-21(24)15-7-9-18-17(11-15)13(3)14(4)22-18/h7-12,22H,5-6H2,1-4H3,(H,23,24).